The largest absolute Gasteiger partial charge is 0.477 e. The monoisotopic (exact) mass is 302 g/mol. The highest BCUT2D eigenvalue weighted by molar-refractivity contribution is 5.93. The lowest BCUT2D eigenvalue weighted by Crippen LogP contribution is -2.31. The van der Waals surface area contributed by atoms with Gasteiger partial charge in [-0.1, -0.05) is 19.3 Å². The SMILES string of the molecule is CCOc1nc(C(=O)NCC2CCCCC2)cc(N)c1C#N. The standard InChI is InChI=1S/C16H22N4O2/c1-2-22-16-12(9-17)13(18)8-14(20-16)15(21)19-10-11-6-4-3-5-7-11/h8,11H,2-7,10H2,1H3,(H2,18,20)(H,19,21). The number of nitrogen functional groups attached to an aromatic ring is 1. The summed E-state index contributed by atoms with van der Waals surface area (Å²) in [6, 6.07) is 3.38. The number of rotatable bonds is 5. The Labute approximate surface area is 130 Å². The first-order chi connectivity index (χ1) is 10.7. The summed E-state index contributed by atoms with van der Waals surface area (Å²) < 4.78 is 5.30. The summed E-state index contributed by atoms with van der Waals surface area (Å²) in [6.45, 7) is 2.80. The zero-order chi connectivity index (χ0) is 15.9. The van der Waals surface area contributed by atoms with Crippen molar-refractivity contribution in [2.75, 3.05) is 18.9 Å². The molecule has 0 saturated heterocycles. The summed E-state index contributed by atoms with van der Waals surface area (Å²) in [7, 11) is 0. The van der Waals surface area contributed by atoms with Crippen LogP contribution in [0.3, 0.4) is 0 Å². The number of nitriles is 1. The highest BCUT2D eigenvalue weighted by Crippen LogP contribution is 2.24. The van der Waals surface area contributed by atoms with E-state index in [2.05, 4.69) is 10.3 Å². The average Bonchev–Trinajstić information content (AvgIpc) is 2.53. The van der Waals surface area contributed by atoms with Gasteiger partial charge in [-0.15, -0.1) is 0 Å². The number of ether oxygens (including phenoxy) is 1. The zero-order valence-electron chi connectivity index (χ0n) is 12.9. The predicted molar refractivity (Wildman–Crippen MR) is 83.4 cm³/mol. The second kappa shape index (κ2) is 7.64. The van der Waals surface area contributed by atoms with Crippen molar-refractivity contribution >= 4 is 11.6 Å². The summed E-state index contributed by atoms with van der Waals surface area (Å²) in [5.41, 5.74) is 6.39. The Balaban J connectivity index is 2.07. The maximum Gasteiger partial charge on any atom is 0.270 e. The van der Waals surface area contributed by atoms with Crippen molar-refractivity contribution in [1.82, 2.24) is 10.3 Å². The van der Waals surface area contributed by atoms with Crippen LogP contribution in [0.1, 0.15) is 55.1 Å². The molecule has 1 aliphatic rings. The fourth-order valence-corrected chi connectivity index (χ4v) is 2.73. The van der Waals surface area contributed by atoms with E-state index in [9.17, 15) is 4.79 Å². The van der Waals surface area contributed by atoms with E-state index in [-0.39, 0.29) is 28.7 Å². The van der Waals surface area contributed by atoms with Gasteiger partial charge < -0.3 is 15.8 Å². The second-order valence-corrected chi connectivity index (χ2v) is 5.54. The number of nitrogens with two attached hydrogens (primary N) is 1. The van der Waals surface area contributed by atoms with Gasteiger partial charge >= 0.3 is 0 Å². The van der Waals surface area contributed by atoms with Crippen molar-refractivity contribution in [2.24, 2.45) is 5.92 Å². The molecule has 0 unspecified atom stereocenters. The summed E-state index contributed by atoms with van der Waals surface area (Å²) in [5, 5.41) is 12.0. The molecule has 2 rings (SSSR count). The summed E-state index contributed by atoms with van der Waals surface area (Å²) in [4.78, 5) is 16.3. The van der Waals surface area contributed by atoms with E-state index < -0.39 is 0 Å². The van der Waals surface area contributed by atoms with Gasteiger partial charge in [-0.25, -0.2) is 4.98 Å². The molecule has 1 amide bonds. The minimum absolute atomic E-state index is 0.118. The average molecular weight is 302 g/mol. The normalized spacial score (nSPS) is 15.1. The Hall–Kier alpha value is -2.29. The van der Waals surface area contributed by atoms with E-state index in [4.69, 9.17) is 15.7 Å². The highest BCUT2D eigenvalue weighted by Gasteiger charge is 2.18. The molecular weight excluding hydrogens is 280 g/mol. The first-order valence-corrected chi connectivity index (χ1v) is 7.77. The molecule has 118 valence electrons. The number of anilines is 1. The van der Waals surface area contributed by atoms with Crippen LogP contribution < -0.4 is 15.8 Å². The van der Waals surface area contributed by atoms with E-state index >= 15 is 0 Å². The summed E-state index contributed by atoms with van der Waals surface area (Å²) in [5.74, 6) is 0.385. The number of carbonyl (C=O) groups is 1. The molecule has 6 heteroatoms. The summed E-state index contributed by atoms with van der Waals surface area (Å²) >= 11 is 0. The fourth-order valence-electron chi connectivity index (χ4n) is 2.73. The van der Waals surface area contributed by atoms with Crippen LogP contribution in [-0.4, -0.2) is 24.0 Å². The van der Waals surface area contributed by atoms with Crippen molar-refractivity contribution in [1.29, 1.82) is 5.26 Å². The number of amides is 1. The van der Waals surface area contributed by atoms with E-state index in [0.717, 1.165) is 12.8 Å². The number of aromatic nitrogens is 1. The topological polar surface area (TPSA) is 101 Å². The van der Waals surface area contributed by atoms with Crippen LogP contribution in [-0.2, 0) is 0 Å². The van der Waals surface area contributed by atoms with Crippen LogP contribution in [0.4, 0.5) is 5.69 Å². The number of pyridine rings is 1. The molecule has 3 N–H and O–H groups in total. The molecule has 0 aromatic carbocycles. The van der Waals surface area contributed by atoms with Crippen molar-refractivity contribution in [2.45, 2.75) is 39.0 Å². The minimum atomic E-state index is -0.275. The van der Waals surface area contributed by atoms with Gasteiger partial charge in [-0.3, -0.25) is 4.79 Å². The van der Waals surface area contributed by atoms with Crippen LogP contribution >= 0.6 is 0 Å². The van der Waals surface area contributed by atoms with Crippen molar-refractivity contribution in [3.8, 4) is 11.9 Å². The van der Waals surface area contributed by atoms with Crippen LogP contribution in [0.15, 0.2) is 6.07 Å². The summed E-state index contributed by atoms with van der Waals surface area (Å²) in [6.07, 6.45) is 6.07. The molecule has 0 spiro atoms. The second-order valence-electron chi connectivity index (χ2n) is 5.54. The Morgan fingerprint density at radius 3 is 2.86 bits per heavy atom. The maximum absolute atomic E-state index is 12.2. The van der Waals surface area contributed by atoms with E-state index in [1.807, 2.05) is 6.07 Å². The molecule has 1 heterocycles. The molecular formula is C16H22N4O2. The van der Waals surface area contributed by atoms with Gasteiger partial charge in [0.15, 0.2) is 0 Å². The Bertz CT molecular complexity index is 574. The Morgan fingerprint density at radius 2 is 2.23 bits per heavy atom. The van der Waals surface area contributed by atoms with Gasteiger partial charge in [0.05, 0.1) is 12.3 Å². The minimum Gasteiger partial charge on any atom is -0.477 e. The third-order valence-corrected chi connectivity index (χ3v) is 3.92. The lowest BCUT2D eigenvalue weighted by atomic mass is 9.89. The lowest BCUT2D eigenvalue weighted by Gasteiger charge is -2.21. The number of hydrogen-bond donors (Lipinski definition) is 2. The predicted octanol–water partition coefficient (Wildman–Crippen LogP) is 2.24. The van der Waals surface area contributed by atoms with E-state index in [1.54, 1.807) is 6.92 Å². The third kappa shape index (κ3) is 3.88. The molecule has 1 fully saturated rings. The van der Waals surface area contributed by atoms with Gasteiger partial charge in [0.2, 0.25) is 5.88 Å². The zero-order valence-corrected chi connectivity index (χ0v) is 12.9. The van der Waals surface area contributed by atoms with Crippen LogP contribution in [0, 0.1) is 17.2 Å². The molecule has 0 radical (unpaired) electrons. The Kier molecular flexibility index (Phi) is 5.59. The van der Waals surface area contributed by atoms with Crippen molar-refractivity contribution in [3.63, 3.8) is 0 Å². The smallest absolute Gasteiger partial charge is 0.270 e. The first-order valence-electron chi connectivity index (χ1n) is 7.77. The number of nitrogens with one attached hydrogen (secondary N) is 1. The number of hydrogen-bond acceptors (Lipinski definition) is 5. The highest BCUT2D eigenvalue weighted by atomic mass is 16.5. The quantitative estimate of drug-likeness (QED) is 0.868. The van der Waals surface area contributed by atoms with E-state index in [0.29, 0.717) is 19.1 Å². The number of carbonyl (C=O) groups excluding carboxylic acids is 1. The van der Waals surface area contributed by atoms with Crippen molar-refractivity contribution < 1.29 is 9.53 Å². The fraction of sp³-hybridized carbons (Fsp3) is 0.562. The van der Waals surface area contributed by atoms with Gasteiger partial charge in [0.1, 0.15) is 17.3 Å². The molecule has 0 bridgehead atoms. The van der Waals surface area contributed by atoms with Gasteiger partial charge in [-0.2, -0.15) is 5.26 Å². The molecule has 1 aromatic heterocycles. The molecule has 6 nitrogen and oxygen atoms in total. The van der Waals surface area contributed by atoms with Crippen LogP contribution in [0.25, 0.3) is 0 Å². The first kappa shape index (κ1) is 16.1. The van der Waals surface area contributed by atoms with Gasteiger partial charge in [0.25, 0.3) is 5.91 Å². The molecule has 1 aliphatic carbocycles. The molecule has 22 heavy (non-hydrogen) atoms. The number of nitrogens with zero attached hydrogens (tertiary/aromatic N) is 2. The van der Waals surface area contributed by atoms with Gasteiger partial charge in [0, 0.05) is 6.54 Å². The van der Waals surface area contributed by atoms with Crippen LogP contribution in [0.5, 0.6) is 5.88 Å². The van der Waals surface area contributed by atoms with E-state index in [1.165, 1.54) is 25.3 Å². The lowest BCUT2D eigenvalue weighted by molar-refractivity contribution is 0.0937. The van der Waals surface area contributed by atoms with Crippen molar-refractivity contribution in [3.05, 3.63) is 17.3 Å². The molecule has 0 aliphatic heterocycles. The molecule has 0 atom stereocenters. The molecule has 1 aromatic rings. The van der Waals surface area contributed by atoms with Crippen LogP contribution in [0.2, 0.25) is 0 Å². The molecule has 1 saturated carbocycles. The maximum atomic E-state index is 12.2. The Morgan fingerprint density at radius 1 is 1.50 bits per heavy atom. The third-order valence-electron chi connectivity index (χ3n) is 3.92. The van der Waals surface area contributed by atoms with Gasteiger partial charge in [-0.05, 0) is 31.7 Å².